The van der Waals surface area contributed by atoms with E-state index in [1.807, 2.05) is 25.3 Å². The number of likely N-dealkylation sites (tertiary alicyclic amines) is 1. The fourth-order valence-electron chi connectivity index (χ4n) is 3.74. The van der Waals surface area contributed by atoms with Gasteiger partial charge in [-0.05, 0) is 37.8 Å². The largest absolute Gasteiger partial charge is 0.466 e. The molecule has 140 valence electrons. The molecule has 1 amide bonds. The summed E-state index contributed by atoms with van der Waals surface area (Å²) in [5.74, 6) is -0.147. The maximum absolute atomic E-state index is 12.2. The van der Waals surface area contributed by atoms with Crippen LogP contribution in [-0.2, 0) is 20.7 Å². The van der Waals surface area contributed by atoms with E-state index in [-0.39, 0.29) is 17.8 Å². The molecule has 2 atom stereocenters. The number of quaternary nitrogens is 1. The van der Waals surface area contributed by atoms with Gasteiger partial charge in [-0.3, -0.25) is 9.59 Å². The number of fused-ring (bicyclic) bond motifs is 1. The molecule has 1 aromatic heterocycles. The molecule has 6 nitrogen and oxygen atoms in total. The average Bonchev–Trinajstić information content (AvgIpc) is 3.05. The lowest BCUT2D eigenvalue weighted by Crippen LogP contribution is -3.14. The number of esters is 1. The van der Waals surface area contributed by atoms with Crippen LogP contribution >= 0.6 is 0 Å². The number of hydrogen-bond acceptors (Lipinski definition) is 3. The highest BCUT2D eigenvalue weighted by Gasteiger charge is 2.30. The molecular weight excluding hydrogens is 330 g/mol. The maximum Gasteiger partial charge on any atom is 0.314 e. The minimum atomic E-state index is -0.121. The first-order valence-corrected chi connectivity index (χ1v) is 9.49. The number of hydrogen-bond donors (Lipinski definition) is 3. The molecule has 1 fully saturated rings. The van der Waals surface area contributed by atoms with E-state index in [1.165, 1.54) is 15.8 Å². The molecular formula is C20H28N3O3+. The zero-order valence-electron chi connectivity index (χ0n) is 15.3. The van der Waals surface area contributed by atoms with Gasteiger partial charge >= 0.3 is 5.97 Å². The highest BCUT2D eigenvalue weighted by molar-refractivity contribution is 5.83. The smallest absolute Gasteiger partial charge is 0.314 e. The average molecular weight is 358 g/mol. The molecule has 0 aliphatic carbocycles. The molecule has 6 heteroatoms. The van der Waals surface area contributed by atoms with Crippen LogP contribution in [0.2, 0.25) is 0 Å². The first-order chi connectivity index (χ1) is 12.7. The van der Waals surface area contributed by atoms with Crippen molar-refractivity contribution in [3.05, 3.63) is 36.0 Å². The van der Waals surface area contributed by atoms with Crippen molar-refractivity contribution in [1.29, 1.82) is 0 Å². The Balaban J connectivity index is 1.43. The van der Waals surface area contributed by atoms with Gasteiger partial charge in [0.25, 0.3) is 5.91 Å². The van der Waals surface area contributed by atoms with Crippen molar-refractivity contribution in [3.8, 4) is 0 Å². The van der Waals surface area contributed by atoms with Gasteiger partial charge in [-0.1, -0.05) is 18.2 Å². The predicted octanol–water partition coefficient (Wildman–Crippen LogP) is 0.685. The summed E-state index contributed by atoms with van der Waals surface area (Å²) in [5, 5.41) is 4.22. The van der Waals surface area contributed by atoms with Crippen LogP contribution in [0, 0.1) is 5.92 Å². The molecule has 1 saturated heterocycles. The van der Waals surface area contributed by atoms with Crippen LogP contribution in [0.3, 0.4) is 0 Å². The molecule has 1 unspecified atom stereocenters. The number of nitrogens with one attached hydrogen (secondary N) is 3. The minimum absolute atomic E-state index is 0.0457. The van der Waals surface area contributed by atoms with Crippen LogP contribution in [0.4, 0.5) is 0 Å². The summed E-state index contributed by atoms with van der Waals surface area (Å²) >= 11 is 0. The lowest BCUT2D eigenvalue weighted by molar-refractivity contribution is -0.899. The van der Waals surface area contributed by atoms with Crippen LogP contribution in [0.1, 0.15) is 25.3 Å². The van der Waals surface area contributed by atoms with Gasteiger partial charge in [-0.25, -0.2) is 0 Å². The number of H-pyrrole nitrogens is 1. The monoisotopic (exact) mass is 358 g/mol. The number of benzene rings is 1. The zero-order valence-corrected chi connectivity index (χ0v) is 15.3. The maximum atomic E-state index is 12.2. The lowest BCUT2D eigenvalue weighted by atomic mass is 9.98. The molecule has 2 aromatic rings. The molecule has 0 spiro atoms. The summed E-state index contributed by atoms with van der Waals surface area (Å²) in [4.78, 5) is 28.6. The summed E-state index contributed by atoms with van der Waals surface area (Å²) in [6, 6.07) is 8.18. The fourth-order valence-corrected chi connectivity index (χ4v) is 3.74. The Bertz CT molecular complexity index is 756. The van der Waals surface area contributed by atoms with Crippen molar-refractivity contribution < 1.29 is 19.2 Å². The Labute approximate surface area is 153 Å². The normalized spacial score (nSPS) is 20.0. The van der Waals surface area contributed by atoms with Crippen LogP contribution in [-0.4, -0.2) is 49.6 Å². The number of piperidine rings is 1. The van der Waals surface area contributed by atoms with Crippen LogP contribution < -0.4 is 10.2 Å². The second-order valence-corrected chi connectivity index (χ2v) is 6.93. The van der Waals surface area contributed by atoms with Crippen molar-refractivity contribution in [2.45, 2.75) is 26.2 Å². The number of amides is 1. The molecule has 26 heavy (non-hydrogen) atoms. The zero-order chi connectivity index (χ0) is 18.4. The van der Waals surface area contributed by atoms with Gasteiger partial charge in [-0.15, -0.1) is 0 Å². The van der Waals surface area contributed by atoms with E-state index < -0.39 is 0 Å². The van der Waals surface area contributed by atoms with Gasteiger partial charge in [0.2, 0.25) is 0 Å². The first kappa shape index (κ1) is 18.5. The molecule has 3 N–H and O–H groups in total. The van der Waals surface area contributed by atoms with E-state index in [0.717, 1.165) is 31.3 Å². The summed E-state index contributed by atoms with van der Waals surface area (Å²) in [6.07, 6.45) is 4.64. The van der Waals surface area contributed by atoms with Gasteiger partial charge in [0, 0.05) is 23.6 Å². The van der Waals surface area contributed by atoms with Gasteiger partial charge in [0.1, 0.15) is 5.92 Å². The molecule has 1 aromatic carbocycles. The summed E-state index contributed by atoms with van der Waals surface area (Å²) in [7, 11) is 0. The Morgan fingerprint density at radius 1 is 1.35 bits per heavy atom. The van der Waals surface area contributed by atoms with Crippen LogP contribution in [0.5, 0.6) is 0 Å². The van der Waals surface area contributed by atoms with E-state index in [2.05, 4.69) is 22.4 Å². The van der Waals surface area contributed by atoms with E-state index in [4.69, 9.17) is 4.74 Å². The number of aromatic amines is 1. The first-order valence-electron chi connectivity index (χ1n) is 9.49. The second kappa shape index (κ2) is 8.85. The number of aromatic nitrogens is 1. The summed E-state index contributed by atoms with van der Waals surface area (Å²) in [5.41, 5.74) is 2.34. The van der Waals surface area contributed by atoms with Gasteiger partial charge in [-0.2, -0.15) is 0 Å². The molecule has 2 heterocycles. The van der Waals surface area contributed by atoms with Gasteiger partial charge in [0.15, 0.2) is 6.54 Å². The highest BCUT2D eigenvalue weighted by atomic mass is 16.5. The van der Waals surface area contributed by atoms with Gasteiger partial charge in [0.05, 0.1) is 19.7 Å². The number of carbonyl (C=O) groups is 2. The van der Waals surface area contributed by atoms with E-state index in [0.29, 0.717) is 26.2 Å². The SMILES string of the molecule is CCOC(=O)[C@@H]1CCC[NH+](CC(=O)NCCc2c[nH]c3ccccc23)C1. The van der Waals surface area contributed by atoms with Gasteiger partial charge < -0.3 is 19.9 Å². The molecule has 0 radical (unpaired) electrons. The third-order valence-corrected chi connectivity index (χ3v) is 5.04. The van der Waals surface area contributed by atoms with Crippen LogP contribution in [0.25, 0.3) is 10.9 Å². The molecule has 3 rings (SSSR count). The molecule has 0 saturated carbocycles. The Morgan fingerprint density at radius 3 is 3.04 bits per heavy atom. The minimum Gasteiger partial charge on any atom is -0.466 e. The third kappa shape index (κ3) is 4.64. The lowest BCUT2D eigenvalue weighted by Gasteiger charge is -2.28. The quantitative estimate of drug-likeness (QED) is 0.638. The van der Waals surface area contributed by atoms with Crippen LogP contribution in [0.15, 0.2) is 30.5 Å². The number of para-hydroxylation sites is 1. The summed E-state index contributed by atoms with van der Waals surface area (Å²) in [6.45, 7) is 4.91. The number of carbonyl (C=O) groups excluding carboxylic acids is 2. The third-order valence-electron chi connectivity index (χ3n) is 5.04. The molecule has 0 bridgehead atoms. The second-order valence-electron chi connectivity index (χ2n) is 6.93. The van der Waals surface area contributed by atoms with E-state index in [1.54, 1.807) is 0 Å². The number of rotatable bonds is 7. The molecule has 1 aliphatic heterocycles. The molecule has 1 aliphatic rings. The van der Waals surface area contributed by atoms with E-state index in [9.17, 15) is 9.59 Å². The van der Waals surface area contributed by atoms with Crippen molar-refractivity contribution in [2.24, 2.45) is 5.92 Å². The Morgan fingerprint density at radius 2 is 2.19 bits per heavy atom. The predicted molar refractivity (Wildman–Crippen MR) is 99.9 cm³/mol. The van der Waals surface area contributed by atoms with Crippen molar-refractivity contribution in [3.63, 3.8) is 0 Å². The van der Waals surface area contributed by atoms with Crippen molar-refractivity contribution in [2.75, 3.05) is 32.8 Å². The Kier molecular flexibility index (Phi) is 6.28. The standard InChI is InChI=1S/C20H27N3O3/c1-2-26-20(25)16-6-5-11-23(13-16)14-19(24)21-10-9-15-12-22-18-8-4-3-7-17(15)18/h3-4,7-8,12,16,22H,2,5-6,9-11,13-14H2,1H3,(H,21,24)/p+1/t16-/m1/s1. The number of ether oxygens (including phenoxy) is 1. The highest BCUT2D eigenvalue weighted by Crippen LogP contribution is 2.17. The van der Waals surface area contributed by atoms with Crippen molar-refractivity contribution >= 4 is 22.8 Å². The summed E-state index contributed by atoms with van der Waals surface area (Å²) < 4.78 is 5.12. The topological polar surface area (TPSA) is 75.6 Å². The van der Waals surface area contributed by atoms with E-state index >= 15 is 0 Å². The van der Waals surface area contributed by atoms with Crippen molar-refractivity contribution in [1.82, 2.24) is 10.3 Å². The fraction of sp³-hybridized carbons (Fsp3) is 0.500. The Hall–Kier alpha value is -2.34.